The molecule has 0 aliphatic carbocycles. The van der Waals surface area contributed by atoms with Crippen LogP contribution in [0.4, 0.5) is 0 Å². The van der Waals surface area contributed by atoms with Gasteiger partial charge < -0.3 is 0 Å². The first-order valence-electron chi connectivity index (χ1n) is 9.66. The Labute approximate surface area is 175 Å². The lowest BCUT2D eigenvalue weighted by Crippen LogP contribution is -2.36. The van der Waals surface area contributed by atoms with Crippen molar-refractivity contribution in [1.82, 2.24) is 29.7 Å². The van der Waals surface area contributed by atoms with Crippen molar-refractivity contribution in [3.05, 3.63) is 97.6 Å². The van der Waals surface area contributed by atoms with Crippen LogP contribution >= 0.6 is 0 Å². The van der Waals surface area contributed by atoms with Crippen LogP contribution in [0.2, 0.25) is 0 Å². The fourth-order valence-electron chi connectivity index (χ4n) is 3.06. The van der Waals surface area contributed by atoms with Gasteiger partial charge in [0.1, 0.15) is 12.7 Å². The summed E-state index contributed by atoms with van der Waals surface area (Å²) in [5.74, 6) is 1.29. The Morgan fingerprint density at radius 1 is 0.733 bits per heavy atom. The van der Waals surface area contributed by atoms with E-state index < -0.39 is 0 Å². The number of hydrogen-bond donors (Lipinski definition) is 0. The van der Waals surface area contributed by atoms with Gasteiger partial charge in [0.2, 0.25) is 0 Å². The van der Waals surface area contributed by atoms with Gasteiger partial charge >= 0.3 is 0 Å². The molecule has 30 heavy (non-hydrogen) atoms. The molecular weight excluding hydrogens is 374 g/mol. The molecule has 0 aliphatic heterocycles. The minimum Gasteiger partial charge on any atom is -0.213 e. The molecule has 2 heterocycles. The molecule has 0 atom stereocenters. The third kappa shape index (κ3) is 4.05. The van der Waals surface area contributed by atoms with Crippen molar-refractivity contribution < 1.29 is 0 Å². The van der Waals surface area contributed by atoms with Gasteiger partial charge in [-0.25, -0.2) is 9.97 Å². The zero-order valence-electron chi connectivity index (χ0n) is 16.9. The monoisotopic (exact) mass is 397 g/mol. The molecule has 0 bridgehead atoms. The van der Waals surface area contributed by atoms with Crippen LogP contribution in [0, 0.1) is 0 Å². The second kappa shape index (κ2) is 8.57. The van der Waals surface area contributed by atoms with Gasteiger partial charge in [0.05, 0.1) is 0 Å². The number of hydrogen-bond acceptors (Lipinski definition) is 5. The summed E-state index contributed by atoms with van der Waals surface area (Å²) >= 11 is 0. The Hall–Kier alpha value is -4.00. The van der Waals surface area contributed by atoms with E-state index in [1.807, 2.05) is 43.5 Å². The van der Waals surface area contributed by atoms with E-state index >= 15 is 0 Å². The summed E-state index contributed by atoms with van der Waals surface area (Å²) in [6, 6.07) is 16.3. The van der Waals surface area contributed by atoms with E-state index in [4.69, 9.17) is 0 Å². The van der Waals surface area contributed by atoms with Crippen molar-refractivity contribution in [1.29, 1.82) is 0 Å². The van der Waals surface area contributed by atoms with Crippen molar-refractivity contribution in [2.75, 3.05) is 12.2 Å². The van der Waals surface area contributed by atoms with Gasteiger partial charge in [0.15, 0.2) is 11.6 Å². The number of aromatic nitrogens is 6. The predicted octanol–water partition coefficient (Wildman–Crippen LogP) is 3.69. The van der Waals surface area contributed by atoms with Gasteiger partial charge in [-0.1, -0.05) is 60.7 Å². The van der Waals surface area contributed by atoms with E-state index in [0.29, 0.717) is 11.6 Å². The lowest BCUT2D eigenvalue weighted by molar-refractivity contribution is 0.473. The van der Waals surface area contributed by atoms with Gasteiger partial charge in [-0.05, 0) is 24.0 Å². The highest BCUT2D eigenvalue weighted by Crippen LogP contribution is 2.17. The summed E-state index contributed by atoms with van der Waals surface area (Å²) < 4.78 is 0. The largest absolute Gasteiger partial charge is 0.213 e. The third-order valence-electron chi connectivity index (χ3n) is 4.74. The minimum atomic E-state index is 0.644. The second-order valence-corrected chi connectivity index (χ2v) is 6.85. The number of rotatable bonds is 8. The van der Waals surface area contributed by atoms with Crippen LogP contribution in [0.3, 0.4) is 0 Å². The molecular formula is C23H23N7. The molecule has 0 saturated carbocycles. The van der Waals surface area contributed by atoms with E-state index in [9.17, 15) is 0 Å². The Balaban J connectivity index is 1.50. The topological polar surface area (TPSA) is 64.7 Å². The molecule has 150 valence electrons. The first kappa shape index (κ1) is 19.3. The van der Waals surface area contributed by atoms with Crippen LogP contribution in [-0.2, 0) is 12.8 Å². The van der Waals surface area contributed by atoms with E-state index in [1.54, 1.807) is 27.4 Å². The summed E-state index contributed by atoms with van der Waals surface area (Å²) in [5, 5.41) is 10.8. The van der Waals surface area contributed by atoms with Crippen molar-refractivity contribution in [3.8, 4) is 22.8 Å². The van der Waals surface area contributed by atoms with Crippen LogP contribution < -0.4 is 5.12 Å². The summed E-state index contributed by atoms with van der Waals surface area (Å²) in [6.07, 6.45) is 8.77. The molecule has 0 radical (unpaired) electrons. The highest BCUT2D eigenvalue weighted by molar-refractivity contribution is 5.55. The maximum atomic E-state index is 4.56. The molecule has 0 spiro atoms. The van der Waals surface area contributed by atoms with Crippen LogP contribution in [0.25, 0.3) is 22.8 Å². The van der Waals surface area contributed by atoms with Gasteiger partial charge in [0.25, 0.3) is 0 Å². The number of benzene rings is 2. The standard InChI is InChI=1S/C23H23N7/c1-4-6-18-8-12-20(13-9-18)22-24-16-29(26-22)28(3)30-17-25-23(27-30)21-14-10-19(7-5-2)11-15-21/h4-5,8-17H,1-2,6-7H2,3H3. The van der Waals surface area contributed by atoms with Gasteiger partial charge in [-0.2, -0.15) is 5.12 Å². The summed E-state index contributed by atoms with van der Waals surface area (Å²) in [6.45, 7) is 7.54. The first-order chi connectivity index (χ1) is 14.7. The SMILES string of the molecule is C=CCc1ccc(-c2ncn(N(C)n3cnc(-c4ccc(CC=C)cc4)n3)n2)cc1. The molecule has 2 aromatic heterocycles. The van der Waals surface area contributed by atoms with Gasteiger partial charge in [0, 0.05) is 18.2 Å². The molecule has 2 aromatic carbocycles. The molecule has 7 nitrogen and oxygen atoms in total. The van der Waals surface area contributed by atoms with Gasteiger partial charge in [-0.3, -0.25) is 0 Å². The minimum absolute atomic E-state index is 0.644. The van der Waals surface area contributed by atoms with Crippen LogP contribution in [-0.4, -0.2) is 36.8 Å². The Bertz CT molecular complexity index is 1050. The highest BCUT2D eigenvalue weighted by atomic mass is 15.9. The fourth-order valence-corrected chi connectivity index (χ4v) is 3.06. The predicted molar refractivity (Wildman–Crippen MR) is 118 cm³/mol. The molecule has 0 fully saturated rings. The molecule has 0 N–H and O–H groups in total. The maximum Gasteiger partial charge on any atom is 0.183 e. The number of allylic oxidation sites excluding steroid dienone is 2. The first-order valence-corrected chi connectivity index (χ1v) is 9.66. The maximum absolute atomic E-state index is 4.56. The lowest BCUT2D eigenvalue weighted by Gasteiger charge is -2.16. The molecule has 7 heteroatoms. The smallest absolute Gasteiger partial charge is 0.183 e. The third-order valence-corrected chi connectivity index (χ3v) is 4.74. The summed E-state index contributed by atoms with van der Waals surface area (Å²) in [4.78, 5) is 12.1. The molecule has 0 amide bonds. The fraction of sp³-hybridized carbons (Fsp3) is 0.130. The zero-order valence-corrected chi connectivity index (χ0v) is 16.9. The molecule has 0 aliphatic rings. The summed E-state index contributed by atoms with van der Waals surface area (Å²) in [5.41, 5.74) is 4.32. The van der Waals surface area contributed by atoms with Crippen LogP contribution in [0.1, 0.15) is 11.1 Å². The molecule has 4 aromatic rings. The van der Waals surface area contributed by atoms with E-state index in [1.165, 1.54) is 11.1 Å². The van der Waals surface area contributed by atoms with Crippen molar-refractivity contribution in [2.45, 2.75) is 12.8 Å². The molecule has 4 rings (SSSR count). The average Bonchev–Trinajstić information content (AvgIpc) is 3.45. The lowest BCUT2D eigenvalue weighted by atomic mass is 10.1. The van der Waals surface area contributed by atoms with Crippen molar-refractivity contribution in [2.24, 2.45) is 0 Å². The van der Waals surface area contributed by atoms with Crippen LogP contribution in [0.15, 0.2) is 86.5 Å². The Kier molecular flexibility index (Phi) is 5.52. The number of nitrogens with zero attached hydrogens (tertiary/aromatic N) is 7. The van der Waals surface area contributed by atoms with Crippen molar-refractivity contribution in [3.63, 3.8) is 0 Å². The Morgan fingerprint density at radius 3 is 1.50 bits per heavy atom. The van der Waals surface area contributed by atoms with Gasteiger partial charge in [-0.15, -0.1) is 32.9 Å². The zero-order chi connectivity index (χ0) is 20.9. The molecule has 0 saturated heterocycles. The quantitative estimate of drug-likeness (QED) is 0.424. The highest BCUT2D eigenvalue weighted by Gasteiger charge is 2.11. The van der Waals surface area contributed by atoms with Crippen LogP contribution in [0.5, 0.6) is 0 Å². The normalized spacial score (nSPS) is 10.7. The summed E-state index contributed by atoms with van der Waals surface area (Å²) in [7, 11) is 1.84. The Morgan fingerprint density at radius 2 is 1.13 bits per heavy atom. The molecule has 0 unspecified atom stereocenters. The van der Waals surface area contributed by atoms with E-state index in [-0.39, 0.29) is 0 Å². The average molecular weight is 397 g/mol. The van der Waals surface area contributed by atoms with E-state index in [0.717, 1.165) is 24.0 Å². The van der Waals surface area contributed by atoms with Crippen molar-refractivity contribution >= 4 is 0 Å². The second-order valence-electron chi connectivity index (χ2n) is 6.85. The van der Waals surface area contributed by atoms with E-state index in [2.05, 4.69) is 57.6 Å².